The Bertz CT molecular complexity index is 643. The highest BCUT2D eigenvalue weighted by Crippen LogP contribution is 2.18. The lowest BCUT2D eigenvalue weighted by molar-refractivity contribution is 0.0928. The van der Waals surface area contributed by atoms with Gasteiger partial charge in [0.2, 0.25) is 0 Å². The number of halogens is 1. The second-order valence-electron chi connectivity index (χ2n) is 5.34. The third-order valence-electron chi connectivity index (χ3n) is 3.77. The summed E-state index contributed by atoms with van der Waals surface area (Å²) in [4.78, 5) is 12.3. The zero-order valence-electron chi connectivity index (χ0n) is 11.7. The van der Waals surface area contributed by atoms with Crippen molar-refractivity contribution in [3.05, 3.63) is 29.5 Å². The van der Waals surface area contributed by atoms with Gasteiger partial charge in [-0.05, 0) is 24.6 Å². The Labute approximate surface area is 128 Å². The molecule has 0 aliphatic carbocycles. The molecular formula is C14H19ClN4O2. The molecule has 1 fully saturated rings. The highest BCUT2D eigenvalue weighted by Gasteiger charge is 2.25. The number of aryl methyl sites for hydroxylation is 1. The lowest BCUT2D eigenvalue weighted by atomic mass is 10.0. The zero-order valence-corrected chi connectivity index (χ0v) is 12.5. The first-order chi connectivity index (χ1) is 9.65. The third kappa shape index (κ3) is 3.18. The Kier molecular flexibility index (Phi) is 4.82. The fourth-order valence-corrected chi connectivity index (χ4v) is 2.63. The van der Waals surface area contributed by atoms with Crippen LogP contribution in [0.3, 0.4) is 0 Å². The summed E-state index contributed by atoms with van der Waals surface area (Å²) < 4.78 is 0. The van der Waals surface area contributed by atoms with E-state index in [9.17, 15) is 9.90 Å². The quantitative estimate of drug-likeness (QED) is 0.668. The highest BCUT2D eigenvalue weighted by atomic mass is 35.5. The van der Waals surface area contributed by atoms with Gasteiger partial charge in [-0.1, -0.05) is 0 Å². The summed E-state index contributed by atoms with van der Waals surface area (Å²) in [5.74, 6) is -0.0666. The average Bonchev–Trinajstić information content (AvgIpc) is 3.03. The largest absolute Gasteiger partial charge is 0.391 e. The molecule has 2 unspecified atom stereocenters. The number of H-pyrrole nitrogens is 1. The molecule has 2 atom stereocenters. The summed E-state index contributed by atoms with van der Waals surface area (Å²) in [5.41, 5.74) is 2.36. The standard InChI is InChI=1S/C14H18N4O2.ClH/c1-8-2-9-6-17-18-13(9)11(3-8)14(20)16-5-10-4-15-7-12(10)19;/h2-3,6,10,12,15,19H,4-5,7H2,1H3,(H,16,20)(H,17,18);1H. The van der Waals surface area contributed by atoms with Crippen LogP contribution in [0.15, 0.2) is 18.3 Å². The second-order valence-corrected chi connectivity index (χ2v) is 5.34. The number of hydrogen-bond acceptors (Lipinski definition) is 4. The molecule has 0 saturated carbocycles. The van der Waals surface area contributed by atoms with E-state index in [0.29, 0.717) is 18.7 Å². The van der Waals surface area contributed by atoms with E-state index >= 15 is 0 Å². The molecule has 21 heavy (non-hydrogen) atoms. The van der Waals surface area contributed by atoms with Crippen molar-refractivity contribution in [3.8, 4) is 0 Å². The number of nitrogens with zero attached hydrogens (tertiary/aromatic N) is 1. The zero-order chi connectivity index (χ0) is 14.1. The fraction of sp³-hybridized carbons (Fsp3) is 0.429. The van der Waals surface area contributed by atoms with E-state index in [1.807, 2.05) is 19.1 Å². The summed E-state index contributed by atoms with van der Waals surface area (Å²) in [7, 11) is 0. The van der Waals surface area contributed by atoms with Crippen molar-refractivity contribution in [3.63, 3.8) is 0 Å². The van der Waals surface area contributed by atoms with Crippen LogP contribution >= 0.6 is 12.4 Å². The van der Waals surface area contributed by atoms with Crippen molar-refractivity contribution in [1.82, 2.24) is 20.8 Å². The molecule has 3 rings (SSSR count). The molecule has 4 N–H and O–H groups in total. The van der Waals surface area contributed by atoms with Gasteiger partial charge in [0, 0.05) is 30.9 Å². The number of amides is 1. The summed E-state index contributed by atoms with van der Waals surface area (Å²) in [6, 6.07) is 3.83. The smallest absolute Gasteiger partial charge is 0.253 e. The molecule has 114 valence electrons. The van der Waals surface area contributed by atoms with Crippen LogP contribution in [0.1, 0.15) is 15.9 Å². The van der Waals surface area contributed by atoms with Gasteiger partial charge in [-0.15, -0.1) is 12.4 Å². The molecule has 6 nitrogen and oxygen atoms in total. The number of aromatic nitrogens is 2. The number of fused-ring (bicyclic) bond motifs is 1. The van der Waals surface area contributed by atoms with Gasteiger partial charge >= 0.3 is 0 Å². The van der Waals surface area contributed by atoms with E-state index in [4.69, 9.17) is 0 Å². The molecule has 2 heterocycles. The van der Waals surface area contributed by atoms with E-state index in [0.717, 1.165) is 23.0 Å². The molecule has 0 spiro atoms. The van der Waals surface area contributed by atoms with E-state index in [-0.39, 0.29) is 30.3 Å². The molecule has 1 saturated heterocycles. The fourth-order valence-electron chi connectivity index (χ4n) is 2.63. The molecule has 0 bridgehead atoms. The Hall–Kier alpha value is -1.63. The number of aliphatic hydroxyl groups excluding tert-OH is 1. The minimum absolute atomic E-state index is 0. The lowest BCUT2D eigenvalue weighted by Gasteiger charge is -2.14. The molecule has 1 aromatic heterocycles. The first kappa shape index (κ1) is 15.8. The second kappa shape index (κ2) is 6.43. The Balaban J connectivity index is 0.00000161. The van der Waals surface area contributed by atoms with E-state index in [1.165, 1.54) is 0 Å². The van der Waals surface area contributed by atoms with Crippen molar-refractivity contribution in [1.29, 1.82) is 0 Å². The summed E-state index contributed by atoms with van der Waals surface area (Å²) >= 11 is 0. The molecule has 1 aromatic carbocycles. The Morgan fingerprint density at radius 2 is 2.29 bits per heavy atom. The van der Waals surface area contributed by atoms with Gasteiger partial charge in [0.1, 0.15) is 0 Å². The van der Waals surface area contributed by atoms with Crippen molar-refractivity contribution in [2.45, 2.75) is 13.0 Å². The summed E-state index contributed by atoms with van der Waals surface area (Å²) in [5, 5.41) is 23.5. The average molecular weight is 311 g/mol. The first-order valence-electron chi connectivity index (χ1n) is 6.76. The summed E-state index contributed by atoms with van der Waals surface area (Å²) in [6.45, 7) is 3.74. The third-order valence-corrected chi connectivity index (χ3v) is 3.77. The number of aliphatic hydroxyl groups is 1. The normalized spacial score (nSPS) is 21.2. The minimum atomic E-state index is -0.389. The number of β-amino-alcohol motifs (C(OH)–C–C–N with tert-alkyl or cyclic N) is 1. The molecule has 1 aliphatic heterocycles. The van der Waals surface area contributed by atoms with Crippen LogP contribution in [-0.4, -0.2) is 46.9 Å². The molecular weight excluding hydrogens is 292 g/mol. The maximum absolute atomic E-state index is 12.3. The number of carbonyl (C=O) groups is 1. The van der Waals surface area contributed by atoms with Crippen LogP contribution in [0, 0.1) is 12.8 Å². The van der Waals surface area contributed by atoms with Gasteiger partial charge in [0.25, 0.3) is 5.91 Å². The van der Waals surface area contributed by atoms with Crippen molar-refractivity contribution < 1.29 is 9.90 Å². The summed E-state index contributed by atoms with van der Waals surface area (Å²) in [6.07, 6.45) is 1.32. The van der Waals surface area contributed by atoms with Crippen LogP contribution in [-0.2, 0) is 0 Å². The van der Waals surface area contributed by atoms with E-state index in [1.54, 1.807) is 6.20 Å². The maximum atomic E-state index is 12.3. The monoisotopic (exact) mass is 310 g/mol. The lowest BCUT2D eigenvalue weighted by Crippen LogP contribution is -2.34. The molecule has 7 heteroatoms. The Morgan fingerprint density at radius 1 is 1.48 bits per heavy atom. The van der Waals surface area contributed by atoms with Crippen LogP contribution in [0.5, 0.6) is 0 Å². The minimum Gasteiger partial charge on any atom is -0.391 e. The van der Waals surface area contributed by atoms with Crippen LogP contribution in [0.4, 0.5) is 0 Å². The van der Waals surface area contributed by atoms with Crippen LogP contribution in [0.2, 0.25) is 0 Å². The number of nitrogens with one attached hydrogen (secondary N) is 3. The van der Waals surface area contributed by atoms with Gasteiger partial charge in [-0.2, -0.15) is 5.10 Å². The first-order valence-corrected chi connectivity index (χ1v) is 6.76. The van der Waals surface area contributed by atoms with Gasteiger partial charge in [-0.25, -0.2) is 0 Å². The van der Waals surface area contributed by atoms with Gasteiger partial charge in [-0.3, -0.25) is 9.89 Å². The maximum Gasteiger partial charge on any atom is 0.253 e. The van der Waals surface area contributed by atoms with Crippen LogP contribution in [0.25, 0.3) is 10.9 Å². The number of hydrogen-bond donors (Lipinski definition) is 4. The predicted molar refractivity (Wildman–Crippen MR) is 82.8 cm³/mol. The number of aromatic amines is 1. The number of carbonyl (C=O) groups excluding carboxylic acids is 1. The van der Waals surface area contributed by atoms with Crippen LogP contribution < -0.4 is 10.6 Å². The highest BCUT2D eigenvalue weighted by molar-refractivity contribution is 6.05. The van der Waals surface area contributed by atoms with Crippen molar-refractivity contribution in [2.75, 3.05) is 19.6 Å². The SMILES string of the molecule is Cc1cc(C(=O)NCC2CNCC2O)c2[nH]ncc2c1.Cl. The van der Waals surface area contributed by atoms with Gasteiger partial charge in [0.15, 0.2) is 0 Å². The van der Waals surface area contributed by atoms with Crippen molar-refractivity contribution in [2.24, 2.45) is 5.92 Å². The van der Waals surface area contributed by atoms with Gasteiger partial charge in [0.05, 0.1) is 23.4 Å². The number of rotatable bonds is 3. The van der Waals surface area contributed by atoms with Gasteiger partial charge < -0.3 is 15.7 Å². The van der Waals surface area contributed by atoms with E-state index in [2.05, 4.69) is 20.8 Å². The van der Waals surface area contributed by atoms with Crippen molar-refractivity contribution >= 4 is 29.2 Å². The number of benzene rings is 1. The molecule has 2 aromatic rings. The topological polar surface area (TPSA) is 90.0 Å². The molecule has 1 amide bonds. The predicted octanol–water partition coefficient (Wildman–Crippen LogP) is 0.603. The molecule has 1 aliphatic rings. The molecule has 0 radical (unpaired) electrons. The Morgan fingerprint density at radius 3 is 3.00 bits per heavy atom. The van der Waals surface area contributed by atoms with E-state index < -0.39 is 0 Å².